The second-order valence-electron chi connectivity index (χ2n) is 12.1. The highest BCUT2D eigenvalue weighted by molar-refractivity contribution is 5.98. The first-order chi connectivity index (χ1) is 20.1. The summed E-state index contributed by atoms with van der Waals surface area (Å²) in [5.41, 5.74) is 4.95. The Morgan fingerprint density at radius 1 is 1.02 bits per heavy atom. The molecule has 1 fully saturated rings. The van der Waals surface area contributed by atoms with E-state index >= 15 is 0 Å². The number of carbonyl (C=O) groups is 2. The minimum Gasteiger partial charge on any atom is -0.465 e. The van der Waals surface area contributed by atoms with E-state index in [1.54, 1.807) is 17.3 Å². The number of aryl methyl sites for hydroxylation is 1. The quantitative estimate of drug-likeness (QED) is 0.282. The summed E-state index contributed by atoms with van der Waals surface area (Å²) >= 11 is 0. The molecule has 42 heavy (non-hydrogen) atoms. The molecule has 0 aliphatic carbocycles. The lowest BCUT2D eigenvalue weighted by Gasteiger charge is -2.44. The van der Waals surface area contributed by atoms with E-state index in [9.17, 15) is 14.7 Å². The Bertz CT molecular complexity index is 1780. The van der Waals surface area contributed by atoms with Crippen molar-refractivity contribution >= 4 is 33.9 Å². The number of benzene rings is 2. The van der Waals surface area contributed by atoms with Crippen LogP contribution in [0.1, 0.15) is 49.5 Å². The molecule has 216 valence electrons. The van der Waals surface area contributed by atoms with E-state index in [0.29, 0.717) is 25.2 Å². The molecular weight excluding hydrogens is 528 g/mol. The fraction of sp³-hybridized carbons (Fsp3) is 0.333. The number of carbonyl (C=O) groups excluding carboxylic acids is 1. The van der Waals surface area contributed by atoms with Crippen molar-refractivity contribution in [2.24, 2.45) is 7.05 Å². The van der Waals surface area contributed by atoms with Gasteiger partial charge in [0.15, 0.2) is 5.82 Å². The van der Waals surface area contributed by atoms with Gasteiger partial charge in [0.25, 0.3) is 5.91 Å². The maximum atomic E-state index is 13.7. The number of nitrogens with zero attached hydrogens (tertiary/aromatic N) is 6. The van der Waals surface area contributed by atoms with E-state index in [1.807, 2.05) is 70.3 Å². The number of hydrogen-bond acceptors (Lipinski definition) is 4. The van der Waals surface area contributed by atoms with Crippen LogP contribution in [0.2, 0.25) is 0 Å². The van der Waals surface area contributed by atoms with Crippen molar-refractivity contribution < 1.29 is 14.7 Å². The molecular formula is C33H36N6O3. The van der Waals surface area contributed by atoms with Crippen molar-refractivity contribution in [2.45, 2.75) is 51.7 Å². The molecule has 1 aliphatic heterocycles. The number of pyridine rings is 1. The first-order valence-electron chi connectivity index (χ1n) is 14.4. The van der Waals surface area contributed by atoms with Gasteiger partial charge in [-0.05, 0) is 81.6 Å². The average Bonchev–Trinajstić information content (AvgIpc) is 3.49. The van der Waals surface area contributed by atoms with Gasteiger partial charge < -0.3 is 19.1 Å². The van der Waals surface area contributed by atoms with Crippen LogP contribution in [-0.2, 0) is 13.6 Å². The maximum Gasteiger partial charge on any atom is 0.408 e. The minimum atomic E-state index is -0.953. The Hall–Kier alpha value is -4.66. The third-order valence-corrected chi connectivity index (χ3v) is 8.24. The highest BCUT2D eigenvalue weighted by Crippen LogP contribution is 2.32. The van der Waals surface area contributed by atoms with E-state index in [2.05, 4.69) is 32.3 Å². The Kier molecular flexibility index (Phi) is 6.96. The monoisotopic (exact) mass is 564 g/mol. The third-order valence-electron chi connectivity index (χ3n) is 8.24. The van der Waals surface area contributed by atoms with Gasteiger partial charge in [0.2, 0.25) is 0 Å². The van der Waals surface area contributed by atoms with Gasteiger partial charge in [0.1, 0.15) is 0 Å². The van der Waals surface area contributed by atoms with Crippen molar-refractivity contribution in [2.75, 3.05) is 13.1 Å². The first kappa shape index (κ1) is 27.5. The van der Waals surface area contributed by atoms with Crippen LogP contribution in [0.25, 0.3) is 33.5 Å². The number of para-hydroxylation sites is 1. The van der Waals surface area contributed by atoms with Crippen molar-refractivity contribution in [3.8, 4) is 11.5 Å². The zero-order valence-corrected chi connectivity index (χ0v) is 24.5. The summed E-state index contributed by atoms with van der Waals surface area (Å²) in [4.78, 5) is 38.2. The van der Waals surface area contributed by atoms with Gasteiger partial charge in [0, 0.05) is 61.1 Å². The molecule has 0 unspecified atom stereocenters. The maximum absolute atomic E-state index is 13.7. The van der Waals surface area contributed by atoms with Gasteiger partial charge in [-0.2, -0.15) is 0 Å². The van der Waals surface area contributed by atoms with Gasteiger partial charge in [-0.15, -0.1) is 0 Å². The summed E-state index contributed by atoms with van der Waals surface area (Å²) in [5.74, 6) is 0.722. The van der Waals surface area contributed by atoms with Crippen molar-refractivity contribution in [1.29, 1.82) is 0 Å². The van der Waals surface area contributed by atoms with E-state index in [0.717, 1.165) is 51.9 Å². The van der Waals surface area contributed by atoms with Crippen LogP contribution in [0.3, 0.4) is 0 Å². The molecule has 6 rings (SSSR count). The molecule has 5 aromatic rings. The molecule has 0 bridgehead atoms. The second kappa shape index (κ2) is 10.6. The molecule has 0 radical (unpaired) electrons. The summed E-state index contributed by atoms with van der Waals surface area (Å²) in [6, 6.07) is 20.0. The molecule has 0 spiro atoms. The molecule has 3 aromatic heterocycles. The van der Waals surface area contributed by atoms with Crippen molar-refractivity contribution in [1.82, 2.24) is 28.9 Å². The number of hydrogen-bond donors (Lipinski definition) is 1. The molecule has 1 atom stereocenters. The lowest BCUT2D eigenvalue weighted by molar-refractivity contribution is 0.0315. The highest BCUT2D eigenvalue weighted by atomic mass is 16.4. The summed E-state index contributed by atoms with van der Waals surface area (Å²) in [7, 11) is 2.00. The smallest absolute Gasteiger partial charge is 0.408 e. The van der Waals surface area contributed by atoms with E-state index in [-0.39, 0.29) is 11.9 Å². The molecule has 9 nitrogen and oxygen atoms in total. The van der Waals surface area contributed by atoms with Gasteiger partial charge in [-0.3, -0.25) is 14.7 Å². The van der Waals surface area contributed by atoms with Crippen molar-refractivity contribution in [3.05, 3.63) is 84.2 Å². The number of rotatable bonds is 5. The van der Waals surface area contributed by atoms with Crippen molar-refractivity contribution in [3.63, 3.8) is 0 Å². The van der Waals surface area contributed by atoms with E-state index in [1.165, 1.54) is 4.90 Å². The normalized spacial score (nSPS) is 15.8. The van der Waals surface area contributed by atoms with Crippen LogP contribution in [0.4, 0.5) is 4.79 Å². The zero-order valence-electron chi connectivity index (χ0n) is 24.5. The summed E-state index contributed by atoms with van der Waals surface area (Å²) in [5, 5.41) is 11.0. The second-order valence-corrected chi connectivity index (χ2v) is 12.1. The third kappa shape index (κ3) is 5.00. The largest absolute Gasteiger partial charge is 0.465 e. The van der Waals surface area contributed by atoms with Gasteiger partial charge in [-0.1, -0.05) is 18.2 Å². The average molecular weight is 565 g/mol. The number of piperidine rings is 1. The molecule has 2 amide bonds. The van der Waals surface area contributed by atoms with Gasteiger partial charge >= 0.3 is 6.09 Å². The molecule has 2 aromatic carbocycles. The molecule has 0 saturated carbocycles. The standard InChI is InChI=1S/C33H36N6O3/c1-33(2,3)39(32(41)42)25-9-7-17-37(21-25)31(40)24-11-12-28-26(18-24)35-30(36(28)4)29-19-23-8-5-6-10-27(23)38(29)20-22-13-15-34-16-14-22/h5-6,8,10-16,18-19,25H,7,9,17,20-21H2,1-4H3,(H,41,42)/t25-/m1/s1. The fourth-order valence-electron chi connectivity index (χ4n) is 6.32. The summed E-state index contributed by atoms with van der Waals surface area (Å²) in [6.07, 6.45) is 4.16. The molecule has 1 N–H and O–H groups in total. The first-order valence-corrected chi connectivity index (χ1v) is 14.4. The number of fused-ring (bicyclic) bond motifs is 2. The van der Waals surface area contributed by atoms with Crippen LogP contribution in [-0.4, -0.2) is 70.7 Å². The SMILES string of the molecule is Cn1c(-c2cc3ccccc3n2Cc2ccncc2)nc2cc(C(=O)N3CCC[C@@H](N(C(=O)O)C(C)(C)C)C3)ccc21. The number of imidazole rings is 1. The minimum absolute atomic E-state index is 0.0974. The van der Waals surface area contributed by atoms with Gasteiger partial charge in [0.05, 0.1) is 22.8 Å². The fourth-order valence-corrected chi connectivity index (χ4v) is 6.32. The van der Waals surface area contributed by atoms with Crippen LogP contribution >= 0.6 is 0 Å². The van der Waals surface area contributed by atoms with Crippen LogP contribution < -0.4 is 0 Å². The molecule has 1 aliphatic rings. The predicted molar refractivity (Wildman–Crippen MR) is 164 cm³/mol. The number of aromatic nitrogens is 4. The lowest BCUT2D eigenvalue weighted by Crippen LogP contribution is -2.57. The summed E-state index contributed by atoms with van der Waals surface area (Å²) in [6.45, 7) is 7.34. The van der Waals surface area contributed by atoms with Gasteiger partial charge in [-0.25, -0.2) is 9.78 Å². The highest BCUT2D eigenvalue weighted by Gasteiger charge is 2.37. The topological polar surface area (TPSA) is 96.5 Å². The number of amides is 2. The van der Waals surface area contributed by atoms with Crippen LogP contribution in [0, 0.1) is 0 Å². The number of carboxylic acid groups (broad SMARTS) is 1. The number of likely N-dealkylation sites (tertiary alicyclic amines) is 1. The Labute approximate surface area is 245 Å². The molecule has 4 heterocycles. The lowest BCUT2D eigenvalue weighted by atomic mass is 9.97. The molecule has 1 saturated heterocycles. The van der Waals surface area contributed by atoms with E-state index in [4.69, 9.17) is 4.98 Å². The summed E-state index contributed by atoms with van der Waals surface area (Å²) < 4.78 is 4.35. The Morgan fingerprint density at radius 2 is 1.79 bits per heavy atom. The predicted octanol–water partition coefficient (Wildman–Crippen LogP) is 6.02. The van der Waals surface area contributed by atoms with E-state index < -0.39 is 11.6 Å². The zero-order chi connectivity index (χ0) is 29.6. The molecule has 9 heteroatoms. The Morgan fingerprint density at radius 3 is 2.52 bits per heavy atom. The van der Waals surface area contributed by atoms with Crippen LogP contribution in [0.15, 0.2) is 73.1 Å². The van der Waals surface area contributed by atoms with Crippen LogP contribution in [0.5, 0.6) is 0 Å². The Balaban J connectivity index is 1.34.